The van der Waals surface area contributed by atoms with Crippen LogP contribution in [0.15, 0.2) is 33.6 Å². The van der Waals surface area contributed by atoms with Gasteiger partial charge >= 0.3 is 5.97 Å². The van der Waals surface area contributed by atoms with Crippen molar-refractivity contribution in [2.75, 3.05) is 13.7 Å². The molecule has 0 heterocycles. The topological polar surface area (TPSA) is 92.7 Å². The second-order valence-corrected chi connectivity index (χ2v) is 6.61. The second kappa shape index (κ2) is 7.72. The minimum Gasteiger partial charge on any atom is -0.480 e. The Morgan fingerprint density at radius 2 is 2.10 bits per heavy atom. The van der Waals surface area contributed by atoms with E-state index in [0.717, 1.165) is 0 Å². The number of carbonyl (C=O) groups is 1. The fourth-order valence-electron chi connectivity index (χ4n) is 1.58. The lowest BCUT2D eigenvalue weighted by molar-refractivity contribution is -0.139. The van der Waals surface area contributed by atoms with E-state index in [1.807, 2.05) is 0 Å². The highest BCUT2D eigenvalue weighted by atomic mass is 79.9. The number of methoxy groups -OCH3 is 1. The molecule has 0 bridgehead atoms. The zero-order valence-corrected chi connectivity index (χ0v) is 13.3. The Hall–Kier alpha value is -0.960. The first-order chi connectivity index (χ1) is 9.38. The Labute approximate surface area is 126 Å². The van der Waals surface area contributed by atoms with E-state index in [0.29, 0.717) is 17.5 Å². The van der Waals surface area contributed by atoms with Gasteiger partial charge in [0.1, 0.15) is 6.04 Å². The highest BCUT2D eigenvalue weighted by Gasteiger charge is 2.26. The van der Waals surface area contributed by atoms with Crippen LogP contribution in [0.5, 0.6) is 0 Å². The van der Waals surface area contributed by atoms with Crippen molar-refractivity contribution in [1.29, 1.82) is 0 Å². The van der Waals surface area contributed by atoms with Crippen LogP contribution in [-0.4, -0.2) is 39.3 Å². The molecule has 0 spiro atoms. The quantitative estimate of drug-likeness (QED) is 0.682. The Morgan fingerprint density at radius 1 is 1.45 bits per heavy atom. The second-order valence-electron chi connectivity index (χ2n) is 4.08. The molecule has 0 saturated heterocycles. The monoisotopic (exact) mass is 365 g/mol. The average molecular weight is 366 g/mol. The average Bonchev–Trinajstić information content (AvgIpc) is 2.37. The first-order valence-corrected chi connectivity index (χ1v) is 8.14. The fourth-order valence-corrected chi connectivity index (χ4v) is 3.80. The van der Waals surface area contributed by atoms with Crippen LogP contribution in [0.25, 0.3) is 0 Å². The van der Waals surface area contributed by atoms with Gasteiger partial charge in [0.05, 0.1) is 4.90 Å². The smallest absolute Gasteiger partial charge is 0.321 e. The molecule has 0 amide bonds. The molecular weight excluding hydrogens is 350 g/mol. The number of sulfonamides is 1. The maximum absolute atomic E-state index is 12.2. The standard InChI is InChI=1S/C12H16BrNO5S/c1-19-8-4-6-10(12(15)16)14-20(17,18)11-7-3-2-5-9(11)13/h2-3,5,7,10,14H,4,6,8H2,1H3,(H,15,16). The molecule has 1 rings (SSSR count). The number of aliphatic carboxylic acids is 1. The maximum Gasteiger partial charge on any atom is 0.321 e. The van der Waals surface area contributed by atoms with Crippen molar-refractivity contribution < 1.29 is 23.1 Å². The third-order valence-corrected chi connectivity index (χ3v) is 5.05. The van der Waals surface area contributed by atoms with Crippen molar-refractivity contribution in [3.8, 4) is 0 Å². The summed E-state index contributed by atoms with van der Waals surface area (Å²) in [4.78, 5) is 11.1. The van der Waals surface area contributed by atoms with Gasteiger partial charge in [-0.1, -0.05) is 12.1 Å². The molecule has 0 radical (unpaired) electrons. The molecule has 1 atom stereocenters. The number of hydrogen-bond donors (Lipinski definition) is 2. The number of nitrogens with one attached hydrogen (secondary N) is 1. The molecule has 1 aromatic carbocycles. The lowest BCUT2D eigenvalue weighted by atomic mass is 10.2. The molecule has 0 fully saturated rings. The van der Waals surface area contributed by atoms with E-state index >= 15 is 0 Å². The third kappa shape index (κ3) is 4.86. The number of carboxylic acid groups (broad SMARTS) is 1. The van der Waals surface area contributed by atoms with Crippen LogP contribution in [0.3, 0.4) is 0 Å². The van der Waals surface area contributed by atoms with Crippen molar-refractivity contribution >= 4 is 31.9 Å². The molecule has 0 aliphatic carbocycles. The van der Waals surface area contributed by atoms with E-state index in [4.69, 9.17) is 9.84 Å². The van der Waals surface area contributed by atoms with Crippen molar-refractivity contribution in [3.05, 3.63) is 28.7 Å². The summed E-state index contributed by atoms with van der Waals surface area (Å²) in [6, 6.07) is 5.05. The number of benzene rings is 1. The van der Waals surface area contributed by atoms with E-state index in [9.17, 15) is 13.2 Å². The molecule has 8 heteroatoms. The number of rotatable bonds is 8. The van der Waals surface area contributed by atoms with E-state index in [2.05, 4.69) is 20.7 Å². The molecule has 0 aromatic heterocycles. The lowest BCUT2D eigenvalue weighted by Crippen LogP contribution is -2.40. The van der Waals surface area contributed by atoms with Gasteiger partial charge in [-0.2, -0.15) is 4.72 Å². The summed E-state index contributed by atoms with van der Waals surface area (Å²) in [6.45, 7) is 0.376. The van der Waals surface area contributed by atoms with E-state index < -0.39 is 22.0 Å². The number of carboxylic acids is 1. The summed E-state index contributed by atoms with van der Waals surface area (Å²) in [5.74, 6) is -1.21. The normalized spacial score (nSPS) is 13.1. The Morgan fingerprint density at radius 3 is 2.65 bits per heavy atom. The molecule has 1 aromatic rings. The maximum atomic E-state index is 12.2. The molecule has 6 nitrogen and oxygen atoms in total. The minimum absolute atomic E-state index is 0.0120. The van der Waals surface area contributed by atoms with Crippen molar-refractivity contribution in [3.63, 3.8) is 0 Å². The summed E-state index contributed by atoms with van der Waals surface area (Å²) >= 11 is 3.14. The van der Waals surface area contributed by atoms with Crippen LogP contribution in [0.2, 0.25) is 0 Å². The van der Waals surface area contributed by atoms with Gasteiger partial charge in [-0.05, 0) is 40.9 Å². The van der Waals surface area contributed by atoms with Crippen molar-refractivity contribution in [2.45, 2.75) is 23.8 Å². The van der Waals surface area contributed by atoms with Crippen LogP contribution in [0.4, 0.5) is 0 Å². The first-order valence-electron chi connectivity index (χ1n) is 5.87. The number of hydrogen-bond acceptors (Lipinski definition) is 4. The molecule has 112 valence electrons. The van der Waals surface area contributed by atoms with Crippen molar-refractivity contribution in [1.82, 2.24) is 4.72 Å². The van der Waals surface area contributed by atoms with Gasteiger partial charge in [0.25, 0.3) is 0 Å². The summed E-state index contributed by atoms with van der Waals surface area (Å²) in [7, 11) is -2.39. The number of halogens is 1. The molecule has 2 N–H and O–H groups in total. The molecule has 20 heavy (non-hydrogen) atoms. The largest absolute Gasteiger partial charge is 0.480 e. The van der Waals surface area contributed by atoms with Crippen LogP contribution < -0.4 is 4.72 Å². The van der Waals surface area contributed by atoms with Gasteiger partial charge in [0.2, 0.25) is 10.0 Å². The predicted molar refractivity (Wildman–Crippen MR) is 77.0 cm³/mol. The summed E-state index contributed by atoms with van der Waals surface area (Å²) in [5, 5.41) is 9.07. The molecular formula is C12H16BrNO5S. The van der Waals surface area contributed by atoms with Crippen LogP contribution in [0, 0.1) is 0 Å². The molecule has 0 aliphatic heterocycles. The summed E-state index contributed by atoms with van der Waals surface area (Å²) < 4.78 is 31.7. The van der Waals surface area contributed by atoms with E-state index in [-0.39, 0.29) is 11.3 Å². The number of ether oxygens (including phenoxy) is 1. The summed E-state index contributed by atoms with van der Waals surface area (Å²) in [6.07, 6.45) is 0.610. The highest BCUT2D eigenvalue weighted by molar-refractivity contribution is 9.10. The van der Waals surface area contributed by atoms with Crippen LogP contribution >= 0.6 is 15.9 Å². The van der Waals surface area contributed by atoms with E-state index in [1.165, 1.54) is 13.2 Å². The minimum atomic E-state index is -3.89. The van der Waals surface area contributed by atoms with Crippen LogP contribution in [-0.2, 0) is 19.6 Å². The Balaban J connectivity index is 2.87. The molecule has 1 unspecified atom stereocenters. The Bertz CT molecular complexity index is 561. The summed E-state index contributed by atoms with van der Waals surface area (Å²) in [5.41, 5.74) is 0. The first kappa shape index (κ1) is 17.1. The predicted octanol–water partition coefficient (Wildman–Crippen LogP) is 1.61. The SMILES string of the molecule is COCCCC(NS(=O)(=O)c1ccccc1Br)C(=O)O. The lowest BCUT2D eigenvalue weighted by Gasteiger charge is -2.15. The Kier molecular flexibility index (Phi) is 6.60. The zero-order chi connectivity index (χ0) is 15.2. The molecule has 0 aliphatic rings. The van der Waals surface area contributed by atoms with Gasteiger partial charge in [-0.25, -0.2) is 8.42 Å². The van der Waals surface area contributed by atoms with Crippen molar-refractivity contribution in [2.24, 2.45) is 0 Å². The van der Waals surface area contributed by atoms with Gasteiger partial charge in [0, 0.05) is 18.2 Å². The zero-order valence-electron chi connectivity index (χ0n) is 10.9. The fraction of sp³-hybridized carbons (Fsp3) is 0.417. The van der Waals surface area contributed by atoms with Gasteiger partial charge in [0.15, 0.2) is 0 Å². The van der Waals surface area contributed by atoms with Gasteiger partial charge in [-0.3, -0.25) is 4.79 Å². The third-order valence-electron chi connectivity index (χ3n) is 2.56. The highest BCUT2D eigenvalue weighted by Crippen LogP contribution is 2.21. The van der Waals surface area contributed by atoms with Crippen LogP contribution in [0.1, 0.15) is 12.8 Å². The van der Waals surface area contributed by atoms with Gasteiger partial charge < -0.3 is 9.84 Å². The van der Waals surface area contributed by atoms with Gasteiger partial charge in [-0.15, -0.1) is 0 Å². The van der Waals surface area contributed by atoms with E-state index in [1.54, 1.807) is 18.2 Å². The molecule has 0 saturated carbocycles.